The number of hydrogen-bond donors (Lipinski definition) is 3. The standard InChI is InChI=1S/C20H26ClN5O/c1-14-4-3-5-18(21)19(14)24-25-20(27)23-17-8-12-26(13-9-17)15(2)16-6-10-22-11-7-16/h3-7,10-11,15,17,24H,8-9,12-13H2,1-2H3,(H2,23,25,27). The number of hydrazine groups is 1. The molecule has 1 aromatic heterocycles. The Bertz CT molecular complexity index is 742. The molecule has 3 rings (SSSR count). The number of para-hydroxylation sites is 1. The van der Waals surface area contributed by atoms with Crippen molar-refractivity contribution in [2.24, 2.45) is 0 Å². The largest absolute Gasteiger partial charge is 0.334 e. The number of halogens is 1. The van der Waals surface area contributed by atoms with E-state index in [1.54, 1.807) is 6.07 Å². The fraction of sp³-hybridized carbons (Fsp3) is 0.400. The predicted octanol–water partition coefficient (Wildman–Crippen LogP) is 3.90. The highest BCUT2D eigenvalue weighted by molar-refractivity contribution is 6.33. The van der Waals surface area contributed by atoms with Crippen LogP contribution in [0.4, 0.5) is 10.5 Å². The highest BCUT2D eigenvalue weighted by Gasteiger charge is 2.24. The average molecular weight is 388 g/mol. The molecule has 2 heterocycles. The van der Waals surface area contributed by atoms with Crippen molar-refractivity contribution in [2.75, 3.05) is 18.5 Å². The van der Waals surface area contributed by atoms with E-state index in [1.165, 1.54) is 5.56 Å². The van der Waals surface area contributed by atoms with Crippen LogP contribution < -0.4 is 16.2 Å². The van der Waals surface area contributed by atoms with Gasteiger partial charge in [0.15, 0.2) is 0 Å². The van der Waals surface area contributed by atoms with E-state index in [0.717, 1.165) is 37.2 Å². The zero-order valence-electron chi connectivity index (χ0n) is 15.7. The summed E-state index contributed by atoms with van der Waals surface area (Å²) >= 11 is 6.16. The van der Waals surface area contributed by atoms with Crippen LogP contribution in [-0.2, 0) is 0 Å². The van der Waals surface area contributed by atoms with Gasteiger partial charge in [0.05, 0.1) is 10.7 Å². The number of likely N-dealkylation sites (tertiary alicyclic amines) is 1. The number of nitrogens with zero attached hydrogens (tertiary/aromatic N) is 2. The number of nitrogens with one attached hydrogen (secondary N) is 3. The fourth-order valence-electron chi connectivity index (χ4n) is 3.41. The summed E-state index contributed by atoms with van der Waals surface area (Å²) < 4.78 is 0. The molecule has 2 aromatic rings. The second-order valence-electron chi connectivity index (χ2n) is 6.92. The van der Waals surface area contributed by atoms with Crippen molar-refractivity contribution in [2.45, 2.75) is 38.8 Å². The quantitative estimate of drug-likeness (QED) is 0.680. The van der Waals surface area contributed by atoms with E-state index in [4.69, 9.17) is 11.6 Å². The second-order valence-corrected chi connectivity index (χ2v) is 7.33. The summed E-state index contributed by atoms with van der Waals surface area (Å²) in [5.74, 6) is 0. The molecule has 0 aliphatic carbocycles. The summed E-state index contributed by atoms with van der Waals surface area (Å²) in [5.41, 5.74) is 8.55. The van der Waals surface area contributed by atoms with Gasteiger partial charge in [0.2, 0.25) is 0 Å². The number of benzene rings is 1. The summed E-state index contributed by atoms with van der Waals surface area (Å²) in [6.45, 7) is 6.05. The monoisotopic (exact) mass is 387 g/mol. The lowest BCUT2D eigenvalue weighted by atomic mass is 10.0. The Morgan fingerprint density at radius 1 is 1.22 bits per heavy atom. The number of aryl methyl sites for hydroxylation is 1. The van der Waals surface area contributed by atoms with Crippen LogP contribution in [0, 0.1) is 6.92 Å². The van der Waals surface area contributed by atoms with Gasteiger partial charge in [0.1, 0.15) is 0 Å². The number of hydrogen-bond acceptors (Lipinski definition) is 4. The highest BCUT2D eigenvalue weighted by atomic mass is 35.5. The van der Waals surface area contributed by atoms with Gasteiger partial charge < -0.3 is 5.32 Å². The van der Waals surface area contributed by atoms with Crippen molar-refractivity contribution < 1.29 is 4.79 Å². The average Bonchev–Trinajstić information content (AvgIpc) is 2.68. The number of carbonyl (C=O) groups is 1. The van der Waals surface area contributed by atoms with Crippen LogP contribution in [0.3, 0.4) is 0 Å². The fourth-order valence-corrected chi connectivity index (χ4v) is 3.68. The third-order valence-electron chi connectivity index (χ3n) is 5.12. The Morgan fingerprint density at radius 2 is 1.93 bits per heavy atom. The number of piperidine rings is 1. The summed E-state index contributed by atoms with van der Waals surface area (Å²) in [4.78, 5) is 18.7. The van der Waals surface area contributed by atoms with E-state index in [9.17, 15) is 4.79 Å². The normalized spacial score (nSPS) is 16.6. The van der Waals surface area contributed by atoms with E-state index in [-0.39, 0.29) is 12.1 Å². The zero-order chi connectivity index (χ0) is 19.2. The molecule has 1 fully saturated rings. The number of anilines is 1. The number of rotatable bonds is 5. The number of carbonyl (C=O) groups excluding carboxylic acids is 1. The maximum atomic E-state index is 12.2. The van der Waals surface area contributed by atoms with E-state index in [1.807, 2.05) is 31.5 Å². The van der Waals surface area contributed by atoms with Crippen molar-refractivity contribution in [1.29, 1.82) is 0 Å². The lowest BCUT2D eigenvalue weighted by Gasteiger charge is -2.36. The summed E-state index contributed by atoms with van der Waals surface area (Å²) in [6.07, 6.45) is 5.51. The summed E-state index contributed by atoms with van der Waals surface area (Å²) in [6, 6.07) is 10.0. The minimum atomic E-state index is -0.241. The highest BCUT2D eigenvalue weighted by Crippen LogP contribution is 2.25. The summed E-state index contributed by atoms with van der Waals surface area (Å²) in [5, 5.41) is 3.61. The first kappa shape index (κ1) is 19.5. The molecular weight excluding hydrogens is 362 g/mol. The molecule has 1 aliphatic heterocycles. The molecule has 0 radical (unpaired) electrons. The Morgan fingerprint density at radius 3 is 2.59 bits per heavy atom. The number of pyridine rings is 1. The molecule has 6 nitrogen and oxygen atoms in total. The molecule has 1 aliphatic rings. The molecule has 7 heteroatoms. The smallest absolute Gasteiger partial charge is 0.333 e. The minimum absolute atomic E-state index is 0.167. The van der Waals surface area contributed by atoms with Crippen molar-refractivity contribution >= 4 is 23.3 Å². The van der Waals surface area contributed by atoms with Crippen LogP contribution in [0.15, 0.2) is 42.7 Å². The maximum absolute atomic E-state index is 12.2. The third kappa shape index (κ3) is 5.11. The van der Waals surface area contributed by atoms with E-state index in [0.29, 0.717) is 11.1 Å². The topological polar surface area (TPSA) is 69.3 Å². The maximum Gasteiger partial charge on any atom is 0.333 e. The molecule has 0 spiro atoms. The Balaban J connectivity index is 1.44. The van der Waals surface area contributed by atoms with Crippen molar-refractivity contribution in [3.63, 3.8) is 0 Å². The first-order valence-electron chi connectivity index (χ1n) is 9.26. The van der Waals surface area contributed by atoms with E-state index >= 15 is 0 Å². The molecule has 0 saturated carbocycles. The van der Waals surface area contributed by atoms with Gasteiger partial charge in [-0.2, -0.15) is 0 Å². The van der Waals surface area contributed by atoms with Crippen molar-refractivity contribution in [3.05, 3.63) is 58.9 Å². The number of urea groups is 1. The second kappa shape index (κ2) is 9.06. The van der Waals surface area contributed by atoms with Crippen LogP contribution in [0.25, 0.3) is 0 Å². The molecule has 1 saturated heterocycles. The van der Waals surface area contributed by atoms with Gasteiger partial charge in [-0.15, -0.1) is 0 Å². The number of aromatic nitrogens is 1. The van der Waals surface area contributed by atoms with Gasteiger partial charge in [-0.05, 0) is 56.0 Å². The molecule has 27 heavy (non-hydrogen) atoms. The van der Waals surface area contributed by atoms with Gasteiger partial charge in [-0.1, -0.05) is 23.7 Å². The Hall–Kier alpha value is -2.31. The Kier molecular flexibility index (Phi) is 6.53. The first-order valence-corrected chi connectivity index (χ1v) is 9.64. The van der Waals surface area contributed by atoms with Gasteiger partial charge in [0, 0.05) is 37.6 Å². The van der Waals surface area contributed by atoms with Crippen molar-refractivity contribution in [1.82, 2.24) is 20.6 Å². The van der Waals surface area contributed by atoms with Crippen LogP contribution in [0.1, 0.15) is 36.9 Å². The molecule has 3 N–H and O–H groups in total. The molecule has 1 unspecified atom stereocenters. The molecule has 144 valence electrons. The van der Waals surface area contributed by atoms with Gasteiger partial charge in [0.25, 0.3) is 0 Å². The van der Waals surface area contributed by atoms with Crippen LogP contribution in [0.5, 0.6) is 0 Å². The lowest BCUT2D eigenvalue weighted by molar-refractivity contribution is 0.153. The molecular formula is C20H26ClN5O. The SMILES string of the molecule is Cc1cccc(Cl)c1NNC(=O)NC1CCN(C(C)c2ccncc2)CC1. The van der Waals surface area contributed by atoms with Crippen molar-refractivity contribution in [3.8, 4) is 0 Å². The molecule has 2 amide bonds. The van der Waals surface area contributed by atoms with Gasteiger partial charge in [-0.3, -0.25) is 20.7 Å². The number of amides is 2. The van der Waals surface area contributed by atoms with Crippen LogP contribution >= 0.6 is 11.6 Å². The van der Waals surface area contributed by atoms with Crippen LogP contribution in [-0.4, -0.2) is 35.0 Å². The van der Waals surface area contributed by atoms with Crippen LogP contribution in [0.2, 0.25) is 5.02 Å². The molecule has 0 bridgehead atoms. The lowest BCUT2D eigenvalue weighted by Crippen LogP contribution is -2.49. The van der Waals surface area contributed by atoms with E-state index in [2.05, 4.69) is 45.1 Å². The van der Waals surface area contributed by atoms with Gasteiger partial charge >= 0.3 is 6.03 Å². The van der Waals surface area contributed by atoms with Gasteiger partial charge in [-0.25, -0.2) is 4.79 Å². The predicted molar refractivity (Wildman–Crippen MR) is 109 cm³/mol. The molecule has 1 atom stereocenters. The first-order chi connectivity index (χ1) is 13.0. The zero-order valence-corrected chi connectivity index (χ0v) is 16.5. The summed E-state index contributed by atoms with van der Waals surface area (Å²) in [7, 11) is 0. The Labute approximate surface area is 165 Å². The molecule has 1 aromatic carbocycles. The third-order valence-corrected chi connectivity index (χ3v) is 5.44. The van der Waals surface area contributed by atoms with E-state index < -0.39 is 0 Å². The minimum Gasteiger partial charge on any atom is -0.334 e.